The predicted octanol–water partition coefficient (Wildman–Crippen LogP) is 2.11. The molecular weight excluding hydrogens is 294 g/mol. The predicted molar refractivity (Wildman–Crippen MR) is 87.4 cm³/mol. The molecule has 0 unspecified atom stereocenters. The minimum Gasteiger partial charge on any atom is -0.378 e. The van der Waals surface area contributed by atoms with Crippen LogP contribution in [0, 0.1) is 5.92 Å². The maximum Gasteiger partial charge on any atom is 0.137 e. The van der Waals surface area contributed by atoms with Crippen molar-refractivity contribution in [3.63, 3.8) is 0 Å². The Hall–Kier alpha value is -2.15. The first kappa shape index (κ1) is 15.7. The molecule has 0 aromatic carbocycles. The molecule has 23 heavy (non-hydrogen) atoms. The zero-order valence-electron chi connectivity index (χ0n) is 13.7. The summed E-state index contributed by atoms with van der Waals surface area (Å²) < 4.78 is 10.7. The highest BCUT2D eigenvalue weighted by Gasteiger charge is 2.13. The largest absolute Gasteiger partial charge is 0.378 e. The Morgan fingerprint density at radius 3 is 2.83 bits per heavy atom. The molecule has 3 heterocycles. The van der Waals surface area contributed by atoms with E-state index in [9.17, 15) is 0 Å². The number of hydrogen-bond donors (Lipinski definition) is 1. The van der Waals surface area contributed by atoms with Crippen molar-refractivity contribution in [3.8, 4) is 0 Å². The van der Waals surface area contributed by atoms with Crippen LogP contribution in [0.1, 0.15) is 25.3 Å². The lowest BCUT2D eigenvalue weighted by atomic mass is 10.1. The van der Waals surface area contributed by atoms with Gasteiger partial charge in [0.1, 0.15) is 29.4 Å². The average Bonchev–Trinajstić information content (AvgIpc) is 3.01. The van der Waals surface area contributed by atoms with E-state index in [4.69, 9.17) is 9.26 Å². The third-order valence-corrected chi connectivity index (χ3v) is 3.66. The number of ether oxygens (including phenoxy) is 1. The van der Waals surface area contributed by atoms with Crippen molar-refractivity contribution in [1.29, 1.82) is 0 Å². The summed E-state index contributed by atoms with van der Waals surface area (Å²) in [6, 6.07) is 3.96. The van der Waals surface area contributed by atoms with Gasteiger partial charge in [0.2, 0.25) is 0 Å². The number of nitrogens with zero attached hydrogens (tertiary/aromatic N) is 4. The fourth-order valence-corrected chi connectivity index (χ4v) is 2.53. The highest BCUT2D eigenvalue weighted by molar-refractivity contribution is 5.48. The van der Waals surface area contributed by atoms with Crippen molar-refractivity contribution in [2.75, 3.05) is 36.5 Å². The van der Waals surface area contributed by atoms with Gasteiger partial charge in [0.25, 0.3) is 0 Å². The molecular formula is C16H23N5O2. The van der Waals surface area contributed by atoms with Gasteiger partial charge in [-0.2, -0.15) is 0 Å². The molecule has 7 nitrogen and oxygen atoms in total. The van der Waals surface area contributed by atoms with Crippen LogP contribution in [-0.2, 0) is 17.7 Å². The first-order valence-corrected chi connectivity index (χ1v) is 8.04. The molecule has 7 heteroatoms. The number of anilines is 2. The third-order valence-electron chi connectivity index (χ3n) is 3.66. The van der Waals surface area contributed by atoms with Gasteiger partial charge >= 0.3 is 0 Å². The fourth-order valence-electron chi connectivity index (χ4n) is 2.53. The van der Waals surface area contributed by atoms with E-state index in [0.717, 1.165) is 55.8 Å². The van der Waals surface area contributed by atoms with E-state index in [1.807, 2.05) is 12.1 Å². The molecule has 0 atom stereocenters. The van der Waals surface area contributed by atoms with Gasteiger partial charge in [-0.15, -0.1) is 0 Å². The highest BCUT2D eigenvalue weighted by atomic mass is 16.5. The van der Waals surface area contributed by atoms with Gasteiger partial charge in [0, 0.05) is 31.6 Å². The summed E-state index contributed by atoms with van der Waals surface area (Å²) in [5.41, 5.74) is 0.882. The van der Waals surface area contributed by atoms with Crippen LogP contribution in [0.5, 0.6) is 0 Å². The van der Waals surface area contributed by atoms with Crippen LogP contribution in [0.2, 0.25) is 0 Å². The van der Waals surface area contributed by atoms with E-state index >= 15 is 0 Å². The van der Waals surface area contributed by atoms with Crippen LogP contribution in [0.15, 0.2) is 23.0 Å². The molecule has 1 aliphatic rings. The van der Waals surface area contributed by atoms with E-state index in [-0.39, 0.29) is 0 Å². The van der Waals surface area contributed by atoms with Crippen molar-refractivity contribution in [2.24, 2.45) is 5.92 Å². The van der Waals surface area contributed by atoms with Gasteiger partial charge < -0.3 is 19.5 Å². The molecule has 1 aliphatic heterocycles. The zero-order valence-corrected chi connectivity index (χ0v) is 13.7. The maximum absolute atomic E-state index is 5.37. The topological polar surface area (TPSA) is 76.3 Å². The zero-order chi connectivity index (χ0) is 16.1. The molecule has 2 aromatic heterocycles. The van der Waals surface area contributed by atoms with Crippen LogP contribution in [0.3, 0.4) is 0 Å². The van der Waals surface area contributed by atoms with Crippen molar-refractivity contribution in [2.45, 2.75) is 26.8 Å². The molecule has 124 valence electrons. The summed E-state index contributed by atoms with van der Waals surface area (Å²) in [5.74, 6) is 3.19. The number of morpholine rings is 1. The number of rotatable bonds is 6. The first-order valence-electron chi connectivity index (χ1n) is 8.04. The summed E-state index contributed by atoms with van der Waals surface area (Å²) in [5, 5.41) is 7.36. The Morgan fingerprint density at radius 1 is 1.22 bits per heavy atom. The fraction of sp³-hybridized carbons (Fsp3) is 0.562. The molecule has 0 radical (unpaired) electrons. The molecule has 0 spiro atoms. The van der Waals surface area contributed by atoms with Crippen LogP contribution in [0.4, 0.5) is 11.6 Å². The number of nitrogens with one attached hydrogen (secondary N) is 1. The SMILES string of the molecule is CC(C)Cc1cc(CNc2cc(N3CCOCC3)ncn2)no1. The molecule has 0 saturated carbocycles. The minimum absolute atomic E-state index is 0.557. The lowest BCUT2D eigenvalue weighted by Crippen LogP contribution is -2.36. The maximum atomic E-state index is 5.37. The third kappa shape index (κ3) is 4.41. The van der Waals surface area contributed by atoms with E-state index in [1.165, 1.54) is 0 Å². The number of aromatic nitrogens is 3. The first-order chi connectivity index (χ1) is 11.2. The van der Waals surface area contributed by atoms with Crippen LogP contribution < -0.4 is 10.2 Å². The van der Waals surface area contributed by atoms with Gasteiger partial charge in [0.15, 0.2) is 0 Å². The molecule has 1 saturated heterocycles. The van der Waals surface area contributed by atoms with Gasteiger partial charge in [-0.05, 0) is 5.92 Å². The Bertz CT molecular complexity index is 622. The summed E-state index contributed by atoms with van der Waals surface area (Å²) in [4.78, 5) is 10.8. The molecule has 1 N–H and O–H groups in total. The molecule has 0 aliphatic carbocycles. The molecule has 0 bridgehead atoms. The standard InChI is InChI=1S/C16H23N5O2/c1-12(2)7-14-8-13(20-23-14)10-17-15-9-16(19-11-18-15)21-3-5-22-6-4-21/h8-9,11-12H,3-7,10H2,1-2H3,(H,17,18,19). The van der Waals surface area contributed by atoms with Crippen LogP contribution in [0.25, 0.3) is 0 Å². The second-order valence-electron chi connectivity index (χ2n) is 6.10. The molecule has 0 amide bonds. The summed E-state index contributed by atoms with van der Waals surface area (Å²) in [6.07, 6.45) is 2.49. The van der Waals surface area contributed by atoms with Crippen molar-refractivity contribution in [3.05, 3.63) is 29.9 Å². The van der Waals surface area contributed by atoms with Crippen LogP contribution >= 0.6 is 0 Å². The molecule has 1 fully saturated rings. The van der Waals surface area contributed by atoms with E-state index in [1.54, 1.807) is 6.33 Å². The Balaban J connectivity index is 1.58. The summed E-state index contributed by atoms with van der Waals surface area (Å²) in [7, 11) is 0. The van der Waals surface area contributed by atoms with Crippen LogP contribution in [-0.4, -0.2) is 41.4 Å². The smallest absolute Gasteiger partial charge is 0.137 e. The van der Waals surface area contributed by atoms with Crippen molar-refractivity contribution in [1.82, 2.24) is 15.1 Å². The Labute approximate surface area is 136 Å². The van der Waals surface area contributed by atoms with Gasteiger partial charge in [-0.3, -0.25) is 0 Å². The lowest BCUT2D eigenvalue weighted by molar-refractivity contribution is 0.122. The van der Waals surface area contributed by atoms with Crippen molar-refractivity contribution < 1.29 is 9.26 Å². The average molecular weight is 317 g/mol. The summed E-state index contributed by atoms with van der Waals surface area (Å²) in [6.45, 7) is 8.11. The van der Waals surface area contributed by atoms with E-state index in [2.05, 4.69) is 39.2 Å². The second kappa shape index (κ2) is 7.41. The van der Waals surface area contributed by atoms with E-state index in [0.29, 0.717) is 12.5 Å². The van der Waals surface area contributed by atoms with E-state index < -0.39 is 0 Å². The Kier molecular flexibility index (Phi) is 5.07. The molecule has 2 aromatic rings. The monoisotopic (exact) mass is 317 g/mol. The number of hydrogen-bond acceptors (Lipinski definition) is 7. The highest BCUT2D eigenvalue weighted by Crippen LogP contribution is 2.16. The van der Waals surface area contributed by atoms with Crippen molar-refractivity contribution >= 4 is 11.6 Å². The lowest BCUT2D eigenvalue weighted by Gasteiger charge is -2.27. The van der Waals surface area contributed by atoms with Gasteiger partial charge in [-0.25, -0.2) is 9.97 Å². The molecule has 3 rings (SSSR count). The second-order valence-corrected chi connectivity index (χ2v) is 6.10. The van der Waals surface area contributed by atoms with Gasteiger partial charge in [0.05, 0.1) is 19.8 Å². The quantitative estimate of drug-likeness (QED) is 0.874. The normalized spacial score (nSPS) is 15.2. The minimum atomic E-state index is 0.557. The van der Waals surface area contributed by atoms with Gasteiger partial charge in [-0.1, -0.05) is 19.0 Å². The Morgan fingerprint density at radius 2 is 2.04 bits per heavy atom. The summed E-state index contributed by atoms with van der Waals surface area (Å²) >= 11 is 0.